The highest BCUT2D eigenvalue weighted by Crippen LogP contribution is 2.17. The van der Waals surface area contributed by atoms with Gasteiger partial charge in [0.15, 0.2) is 0 Å². The Morgan fingerprint density at radius 3 is 2.81 bits per heavy atom. The fourth-order valence-corrected chi connectivity index (χ4v) is 2.00. The molecule has 1 aromatic heterocycles. The van der Waals surface area contributed by atoms with Crippen molar-refractivity contribution in [3.05, 3.63) is 58.3 Å². The van der Waals surface area contributed by atoms with E-state index in [0.717, 1.165) is 16.5 Å². The zero-order chi connectivity index (χ0) is 11.4. The Balaban J connectivity index is 2.11. The van der Waals surface area contributed by atoms with Gasteiger partial charge in [0.2, 0.25) is 0 Å². The molecule has 0 bridgehead atoms. The van der Waals surface area contributed by atoms with Gasteiger partial charge in [0, 0.05) is 16.7 Å². The maximum atomic E-state index is 6.09. The third kappa shape index (κ3) is 2.87. The van der Waals surface area contributed by atoms with E-state index in [-0.39, 0.29) is 6.04 Å². The van der Waals surface area contributed by atoms with E-state index in [9.17, 15) is 0 Å². The fourth-order valence-electron chi connectivity index (χ4n) is 1.56. The van der Waals surface area contributed by atoms with Crippen molar-refractivity contribution in [3.8, 4) is 0 Å². The zero-order valence-corrected chi connectivity index (χ0v) is 10.3. The summed E-state index contributed by atoms with van der Waals surface area (Å²) in [6.45, 7) is 0. The molecule has 1 aromatic carbocycles. The molecule has 0 spiro atoms. The van der Waals surface area contributed by atoms with Crippen molar-refractivity contribution in [2.45, 2.75) is 12.5 Å². The molecule has 1 unspecified atom stereocenters. The lowest BCUT2D eigenvalue weighted by molar-refractivity contribution is 0.712. The monoisotopic (exact) mass is 277 g/mol. The Morgan fingerprint density at radius 1 is 1.25 bits per heavy atom. The second kappa shape index (κ2) is 5.18. The summed E-state index contributed by atoms with van der Waals surface area (Å²) in [6.07, 6.45) is 4.17. The van der Waals surface area contributed by atoms with E-state index >= 15 is 0 Å². The van der Waals surface area contributed by atoms with Crippen molar-refractivity contribution in [1.82, 2.24) is 10.2 Å². The smallest absolute Gasteiger partial charge is 0.0544 e. The minimum Gasteiger partial charge on any atom is -0.324 e. The van der Waals surface area contributed by atoms with Crippen LogP contribution in [0.2, 0.25) is 0 Å². The van der Waals surface area contributed by atoms with Gasteiger partial charge in [-0.1, -0.05) is 28.1 Å². The molecule has 2 N–H and O–H groups in total. The number of rotatable bonds is 3. The molecule has 0 aliphatic carbocycles. The number of aromatic nitrogens is 2. The number of halogens is 1. The molecule has 0 fully saturated rings. The summed E-state index contributed by atoms with van der Waals surface area (Å²) >= 11 is 3.45. The summed E-state index contributed by atoms with van der Waals surface area (Å²) < 4.78 is 1.07. The first-order chi connectivity index (χ1) is 7.75. The third-order valence-corrected chi connectivity index (χ3v) is 2.87. The average Bonchev–Trinajstić information content (AvgIpc) is 2.30. The average molecular weight is 278 g/mol. The Bertz CT molecular complexity index is 459. The lowest BCUT2D eigenvalue weighted by atomic mass is 10.0. The number of hydrogen-bond acceptors (Lipinski definition) is 3. The second-order valence-corrected chi connectivity index (χ2v) is 4.53. The van der Waals surface area contributed by atoms with Gasteiger partial charge in [0.1, 0.15) is 0 Å². The summed E-state index contributed by atoms with van der Waals surface area (Å²) in [7, 11) is 0. The van der Waals surface area contributed by atoms with E-state index in [1.807, 2.05) is 18.2 Å². The molecule has 2 aromatic rings. The van der Waals surface area contributed by atoms with Crippen molar-refractivity contribution in [3.63, 3.8) is 0 Å². The van der Waals surface area contributed by atoms with Gasteiger partial charge in [0.25, 0.3) is 0 Å². The summed E-state index contributed by atoms with van der Waals surface area (Å²) in [6, 6.07) is 10.0. The van der Waals surface area contributed by atoms with Crippen LogP contribution < -0.4 is 5.73 Å². The third-order valence-electron chi connectivity index (χ3n) is 2.38. The molecule has 0 aliphatic rings. The SMILES string of the molecule is NC(Cc1cccc(Br)c1)c1ccnnc1. The molecule has 16 heavy (non-hydrogen) atoms. The number of nitrogens with two attached hydrogens (primary N) is 1. The largest absolute Gasteiger partial charge is 0.324 e. The lowest BCUT2D eigenvalue weighted by Gasteiger charge is -2.11. The molecule has 0 radical (unpaired) electrons. The van der Waals surface area contributed by atoms with Crippen molar-refractivity contribution in [2.75, 3.05) is 0 Å². The van der Waals surface area contributed by atoms with Crippen molar-refractivity contribution >= 4 is 15.9 Å². The minimum absolute atomic E-state index is 0.0372. The van der Waals surface area contributed by atoms with Gasteiger partial charge < -0.3 is 5.73 Å². The highest BCUT2D eigenvalue weighted by atomic mass is 79.9. The van der Waals surface area contributed by atoms with Crippen LogP contribution >= 0.6 is 15.9 Å². The van der Waals surface area contributed by atoms with Crippen molar-refractivity contribution < 1.29 is 0 Å². The zero-order valence-electron chi connectivity index (χ0n) is 8.68. The molecular weight excluding hydrogens is 266 g/mol. The van der Waals surface area contributed by atoms with Crippen LogP contribution in [0.1, 0.15) is 17.2 Å². The summed E-state index contributed by atoms with van der Waals surface area (Å²) in [4.78, 5) is 0. The number of nitrogens with zero attached hydrogens (tertiary/aromatic N) is 2. The van der Waals surface area contributed by atoms with E-state index in [2.05, 4.69) is 38.3 Å². The predicted molar refractivity (Wildman–Crippen MR) is 66.8 cm³/mol. The van der Waals surface area contributed by atoms with E-state index < -0.39 is 0 Å². The molecule has 4 heteroatoms. The number of hydrogen-bond donors (Lipinski definition) is 1. The number of benzene rings is 1. The van der Waals surface area contributed by atoms with Gasteiger partial charge in [0.05, 0.1) is 6.20 Å². The van der Waals surface area contributed by atoms with Crippen LogP contribution in [0, 0.1) is 0 Å². The molecular formula is C12H12BrN3. The van der Waals surface area contributed by atoms with Crippen LogP contribution in [-0.2, 0) is 6.42 Å². The standard InChI is InChI=1S/C12H12BrN3/c13-11-3-1-2-9(6-11)7-12(14)10-4-5-15-16-8-10/h1-6,8,12H,7,14H2. The highest BCUT2D eigenvalue weighted by Gasteiger charge is 2.07. The molecule has 0 amide bonds. The van der Waals surface area contributed by atoms with Crippen molar-refractivity contribution in [2.24, 2.45) is 5.73 Å². The Morgan fingerprint density at radius 2 is 2.12 bits per heavy atom. The second-order valence-electron chi connectivity index (χ2n) is 3.62. The van der Waals surface area contributed by atoms with E-state index in [1.165, 1.54) is 5.56 Å². The molecule has 1 atom stereocenters. The van der Waals surface area contributed by atoms with Gasteiger partial charge in [-0.05, 0) is 35.7 Å². The molecule has 0 saturated heterocycles. The van der Waals surface area contributed by atoms with Gasteiger partial charge in [-0.15, -0.1) is 0 Å². The van der Waals surface area contributed by atoms with Crippen LogP contribution in [0.4, 0.5) is 0 Å². The van der Waals surface area contributed by atoms with Gasteiger partial charge in [-0.3, -0.25) is 0 Å². The molecule has 1 heterocycles. The molecule has 0 saturated carbocycles. The Labute approximate surface area is 103 Å². The summed E-state index contributed by atoms with van der Waals surface area (Å²) in [5, 5.41) is 7.56. The van der Waals surface area contributed by atoms with E-state index in [0.29, 0.717) is 0 Å². The van der Waals surface area contributed by atoms with E-state index in [4.69, 9.17) is 5.73 Å². The first-order valence-electron chi connectivity index (χ1n) is 5.02. The minimum atomic E-state index is -0.0372. The van der Waals surface area contributed by atoms with Crippen LogP contribution in [0.3, 0.4) is 0 Å². The van der Waals surface area contributed by atoms with Crippen molar-refractivity contribution in [1.29, 1.82) is 0 Å². The highest BCUT2D eigenvalue weighted by molar-refractivity contribution is 9.10. The molecule has 3 nitrogen and oxygen atoms in total. The topological polar surface area (TPSA) is 51.8 Å². The van der Waals surface area contributed by atoms with Gasteiger partial charge in [-0.2, -0.15) is 10.2 Å². The first-order valence-corrected chi connectivity index (χ1v) is 5.81. The Kier molecular flexibility index (Phi) is 3.64. The molecule has 82 valence electrons. The van der Waals surface area contributed by atoms with Crippen LogP contribution in [0.25, 0.3) is 0 Å². The van der Waals surface area contributed by atoms with Crippen LogP contribution in [0.5, 0.6) is 0 Å². The normalized spacial score (nSPS) is 12.4. The molecule has 2 rings (SSSR count). The maximum Gasteiger partial charge on any atom is 0.0544 e. The van der Waals surface area contributed by atoms with Gasteiger partial charge in [-0.25, -0.2) is 0 Å². The van der Waals surface area contributed by atoms with Gasteiger partial charge >= 0.3 is 0 Å². The maximum absolute atomic E-state index is 6.09. The molecule has 0 aliphatic heterocycles. The Hall–Kier alpha value is -1.26. The summed E-state index contributed by atoms with van der Waals surface area (Å²) in [5.74, 6) is 0. The van der Waals surface area contributed by atoms with Crippen LogP contribution in [-0.4, -0.2) is 10.2 Å². The first kappa shape index (κ1) is 11.2. The van der Waals surface area contributed by atoms with Crippen LogP contribution in [0.15, 0.2) is 47.2 Å². The fraction of sp³-hybridized carbons (Fsp3) is 0.167. The quantitative estimate of drug-likeness (QED) is 0.938. The lowest BCUT2D eigenvalue weighted by Crippen LogP contribution is -2.13. The summed E-state index contributed by atoms with van der Waals surface area (Å²) in [5.41, 5.74) is 8.31. The van der Waals surface area contributed by atoms with E-state index in [1.54, 1.807) is 12.4 Å². The predicted octanol–water partition coefficient (Wildman–Crippen LogP) is 2.48.